The van der Waals surface area contributed by atoms with Crippen LogP contribution in [0.4, 0.5) is 0 Å². The van der Waals surface area contributed by atoms with Crippen molar-refractivity contribution < 1.29 is 5.11 Å². The highest BCUT2D eigenvalue weighted by molar-refractivity contribution is 8.01. The van der Waals surface area contributed by atoms with Crippen LogP contribution < -0.4 is 5.32 Å². The Labute approximate surface area is 84.9 Å². The zero-order chi connectivity index (χ0) is 9.26. The van der Waals surface area contributed by atoms with Crippen molar-refractivity contribution in [2.45, 2.75) is 22.6 Å². The lowest BCUT2D eigenvalue weighted by Gasteiger charge is -2.09. The molecule has 2 rings (SSSR count). The van der Waals surface area contributed by atoms with Gasteiger partial charge in [-0.1, -0.05) is 11.8 Å². The van der Waals surface area contributed by atoms with E-state index in [0.717, 1.165) is 16.7 Å². The number of nitrogens with one attached hydrogen (secondary N) is 1. The summed E-state index contributed by atoms with van der Waals surface area (Å²) in [5.74, 6) is 0.813. The van der Waals surface area contributed by atoms with Gasteiger partial charge in [0.15, 0.2) is 4.34 Å². The van der Waals surface area contributed by atoms with E-state index >= 15 is 0 Å². The summed E-state index contributed by atoms with van der Waals surface area (Å²) in [6.07, 6.45) is -0.255. The number of aliphatic hydroxyl groups is 1. The van der Waals surface area contributed by atoms with Crippen molar-refractivity contribution in [1.82, 2.24) is 14.7 Å². The van der Waals surface area contributed by atoms with Crippen molar-refractivity contribution in [3.8, 4) is 0 Å². The number of aromatic nitrogens is 2. The van der Waals surface area contributed by atoms with Gasteiger partial charge < -0.3 is 10.4 Å². The quantitative estimate of drug-likeness (QED) is 0.745. The largest absolute Gasteiger partial charge is 0.391 e. The molecule has 1 fully saturated rings. The first-order valence-corrected chi connectivity index (χ1v) is 5.77. The normalized spacial score (nSPS) is 28.2. The van der Waals surface area contributed by atoms with E-state index in [4.69, 9.17) is 0 Å². The van der Waals surface area contributed by atoms with Crippen LogP contribution in [0.2, 0.25) is 0 Å². The molecule has 0 saturated carbocycles. The highest BCUT2D eigenvalue weighted by Crippen LogP contribution is 2.28. The molecule has 6 heteroatoms. The van der Waals surface area contributed by atoms with Gasteiger partial charge in [-0.25, -0.2) is 4.98 Å². The Morgan fingerprint density at radius 3 is 3.00 bits per heavy atom. The van der Waals surface area contributed by atoms with Gasteiger partial charge in [0, 0.05) is 13.1 Å². The fourth-order valence-electron chi connectivity index (χ4n) is 1.22. The number of thioether (sulfide) groups is 1. The van der Waals surface area contributed by atoms with Gasteiger partial charge in [-0.3, -0.25) is 0 Å². The summed E-state index contributed by atoms with van der Waals surface area (Å²) >= 11 is 3.01. The monoisotopic (exact) mass is 217 g/mol. The van der Waals surface area contributed by atoms with Crippen LogP contribution in [-0.4, -0.2) is 38.9 Å². The van der Waals surface area contributed by atoms with E-state index in [2.05, 4.69) is 14.7 Å². The molecule has 2 atom stereocenters. The van der Waals surface area contributed by atoms with E-state index in [1.54, 1.807) is 11.8 Å². The summed E-state index contributed by atoms with van der Waals surface area (Å²) in [4.78, 5) is 4.24. The van der Waals surface area contributed by atoms with E-state index in [-0.39, 0.29) is 11.4 Å². The number of rotatable bonds is 2. The van der Waals surface area contributed by atoms with Crippen LogP contribution in [0.15, 0.2) is 4.34 Å². The molecular formula is C7H11N3OS2. The van der Waals surface area contributed by atoms with Gasteiger partial charge in [0.25, 0.3) is 0 Å². The fraction of sp³-hybridized carbons (Fsp3) is 0.714. The number of aliphatic hydroxyl groups excluding tert-OH is 1. The van der Waals surface area contributed by atoms with Crippen molar-refractivity contribution in [3.63, 3.8) is 0 Å². The summed E-state index contributed by atoms with van der Waals surface area (Å²) in [5, 5.41) is 12.9. The minimum atomic E-state index is -0.255. The highest BCUT2D eigenvalue weighted by Gasteiger charge is 2.26. The van der Waals surface area contributed by atoms with Gasteiger partial charge in [-0.05, 0) is 18.5 Å². The summed E-state index contributed by atoms with van der Waals surface area (Å²) in [6, 6.07) is 0. The van der Waals surface area contributed by atoms with E-state index < -0.39 is 0 Å². The first-order chi connectivity index (χ1) is 6.25. The van der Waals surface area contributed by atoms with Crippen LogP contribution in [0, 0.1) is 6.92 Å². The smallest absolute Gasteiger partial charge is 0.170 e. The molecule has 1 aliphatic heterocycles. The average Bonchev–Trinajstić information content (AvgIpc) is 2.64. The van der Waals surface area contributed by atoms with Gasteiger partial charge >= 0.3 is 0 Å². The molecule has 13 heavy (non-hydrogen) atoms. The minimum absolute atomic E-state index is 0.229. The van der Waals surface area contributed by atoms with Crippen LogP contribution in [0.25, 0.3) is 0 Å². The Hall–Kier alpha value is -0.170. The molecule has 2 N–H and O–H groups in total. The molecule has 2 heterocycles. The van der Waals surface area contributed by atoms with Gasteiger partial charge in [0.2, 0.25) is 0 Å². The zero-order valence-corrected chi connectivity index (χ0v) is 8.86. The number of β-amino-alcohol motifs (C(OH)–C–C–N with tert-alkyl or cyclic N) is 1. The van der Waals surface area contributed by atoms with Crippen LogP contribution in [0.1, 0.15) is 5.82 Å². The molecule has 72 valence electrons. The Morgan fingerprint density at radius 2 is 2.46 bits per heavy atom. The SMILES string of the molecule is Cc1nsc(SC2CNCC2O)n1. The van der Waals surface area contributed by atoms with E-state index in [0.29, 0.717) is 6.54 Å². The highest BCUT2D eigenvalue weighted by atomic mass is 32.2. The summed E-state index contributed by atoms with van der Waals surface area (Å²) < 4.78 is 5.04. The van der Waals surface area contributed by atoms with E-state index in [9.17, 15) is 5.11 Å². The van der Waals surface area contributed by atoms with Crippen molar-refractivity contribution >= 4 is 23.3 Å². The number of hydrogen-bond donors (Lipinski definition) is 2. The third-order valence-corrected chi connectivity index (χ3v) is 4.08. The molecule has 4 nitrogen and oxygen atoms in total. The maximum atomic E-state index is 9.53. The Balaban J connectivity index is 1.97. The van der Waals surface area contributed by atoms with Crippen molar-refractivity contribution in [2.75, 3.05) is 13.1 Å². The van der Waals surface area contributed by atoms with Gasteiger partial charge in [-0.2, -0.15) is 4.37 Å². The first-order valence-electron chi connectivity index (χ1n) is 4.11. The third-order valence-electron chi connectivity index (χ3n) is 1.89. The lowest BCUT2D eigenvalue weighted by atomic mass is 10.3. The molecule has 1 saturated heterocycles. The van der Waals surface area contributed by atoms with Crippen molar-refractivity contribution in [2.24, 2.45) is 0 Å². The minimum Gasteiger partial charge on any atom is -0.391 e. The summed E-state index contributed by atoms with van der Waals surface area (Å²) in [5.41, 5.74) is 0. The van der Waals surface area contributed by atoms with Crippen molar-refractivity contribution in [3.05, 3.63) is 5.82 Å². The van der Waals surface area contributed by atoms with Crippen LogP contribution >= 0.6 is 23.3 Å². The lowest BCUT2D eigenvalue weighted by molar-refractivity contribution is 0.201. The van der Waals surface area contributed by atoms with Gasteiger partial charge in [0.1, 0.15) is 5.82 Å². The van der Waals surface area contributed by atoms with Crippen LogP contribution in [-0.2, 0) is 0 Å². The first kappa shape index (κ1) is 9.39. The standard InChI is InChI=1S/C7H11N3OS2/c1-4-9-7(13-10-4)12-6-3-8-2-5(6)11/h5-6,8,11H,2-3H2,1H3. The molecule has 1 aliphatic rings. The molecule has 1 aromatic heterocycles. The third kappa shape index (κ3) is 2.19. The maximum Gasteiger partial charge on any atom is 0.170 e. The number of nitrogens with zero attached hydrogens (tertiary/aromatic N) is 2. The zero-order valence-electron chi connectivity index (χ0n) is 7.23. The predicted octanol–water partition coefficient (Wildman–Crippen LogP) is 0.271. The fourth-order valence-corrected chi connectivity index (χ4v) is 3.19. The Bertz CT molecular complexity index is 291. The average molecular weight is 217 g/mol. The van der Waals surface area contributed by atoms with Gasteiger partial charge in [0.05, 0.1) is 11.4 Å². The maximum absolute atomic E-state index is 9.53. The molecule has 0 aromatic carbocycles. The molecule has 0 aliphatic carbocycles. The lowest BCUT2D eigenvalue weighted by Crippen LogP contribution is -2.19. The molecule has 0 bridgehead atoms. The second kappa shape index (κ2) is 3.91. The molecule has 1 aromatic rings. The van der Waals surface area contributed by atoms with Gasteiger partial charge in [-0.15, -0.1) is 0 Å². The van der Waals surface area contributed by atoms with E-state index in [1.807, 2.05) is 6.92 Å². The Kier molecular flexibility index (Phi) is 2.83. The molecule has 0 spiro atoms. The molecular weight excluding hydrogens is 206 g/mol. The number of aryl methyl sites for hydroxylation is 1. The molecule has 0 radical (unpaired) electrons. The van der Waals surface area contributed by atoms with E-state index in [1.165, 1.54) is 11.5 Å². The molecule has 0 amide bonds. The van der Waals surface area contributed by atoms with Crippen molar-refractivity contribution in [1.29, 1.82) is 0 Å². The predicted molar refractivity (Wildman–Crippen MR) is 53.2 cm³/mol. The summed E-state index contributed by atoms with van der Waals surface area (Å²) in [7, 11) is 0. The van der Waals surface area contributed by atoms with Crippen LogP contribution in [0.5, 0.6) is 0 Å². The topological polar surface area (TPSA) is 58.0 Å². The summed E-state index contributed by atoms with van der Waals surface area (Å²) in [6.45, 7) is 3.42. The number of hydrogen-bond acceptors (Lipinski definition) is 6. The molecule has 2 unspecified atom stereocenters. The second-order valence-corrected chi connectivity index (χ2v) is 5.23. The Morgan fingerprint density at radius 1 is 1.62 bits per heavy atom. The van der Waals surface area contributed by atoms with Crippen LogP contribution in [0.3, 0.4) is 0 Å². The second-order valence-electron chi connectivity index (χ2n) is 2.99.